The van der Waals surface area contributed by atoms with Crippen molar-refractivity contribution in [1.82, 2.24) is 14.5 Å². The van der Waals surface area contributed by atoms with Crippen molar-refractivity contribution in [3.8, 4) is 28.2 Å². The Morgan fingerprint density at radius 1 is 0.867 bits per heavy atom. The molecule has 0 N–H and O–H groups in total. The summed E-state index contributed by atoms with van der Waals surface area (Å²) in [7, 11) is 0. The zero-order valence-electron chi connectivity index (χ0n) is 35.4. The van der Waals surface area contributed by atoms with Crippen molar-refractivity contribution in [3.05, 3.63) is 218 Å². The molecule has 4 aromatic carbocycles. The van der Waals surface area contributed by atoms with Crippen molar-refractivity contribution in [2.75, 3.05) is 0 Å². The summed E-state index contributed by atoms with van der Waals surface area (Å²) >= 11 is 0. The van der Waals surface area contributed by atoms with E-state index in [-0.39, 0.29) is 17.5 Å². The number of aryl methyl sites for hydroxylation is 1. The van der Waals surface area contributed by atoms with E-state index in [0.717, 1.165) is 73.3 Å². The molecule has 2 unspecified atom stereocenters. The first-order chi connectivity index (χ1) is 29.3. The number of fused-ring (bicyclic) bond motifs is 5. The molecule has 60 heavy (non-hydrogen) atoms. The predicted molar refractivity (Wildman–Crippen MR) is 257 cm³/mol. The number of pyridine rings is 1. The van der Waals surface area contributed by atoms with Gasteiger partial charge in [0.25, 0.3) is 0 Å². The van der Waals surface area contributed by atoms with Gasteiger partial charge in [-0.15, -0.1) is 6.58 Å². The molecule has 3 nitrogen and oxygen atoms in total. The molecule has 0 saturated carbocycles. The first kappa shape index (κ1) is 40.3. The number of rotatable bonds is 15. The summed E-state index contributed by atoms with van der Waals surface area (Å²) in [6.45, 7) is 21.9. The molecule has 0 amide bonds. The number of aromatic nitrogens is 2. The summed E-state index contributed by atoms with van der Waals surface area (Å²) in [5.41, 5.74) is 12.0. The van der Waals surface area contributed by atoms with Crippen LogP contribution in [0.5, 0.6) is 0 Å². The molecule has 3 heteroatoms. The van der Waals surface area contributed by atoms with Crippen molar-refractivity contribution < 1.29 is 0 Å². The minimum Gasteiger partial charge on any atom is -0.362 e. The van der Waals surface area contributed by atoms with Crippen LogP contribution in [0.15, 0.2) is 207 Å². The van der Waals surface area contributed by atoms with E-state index in [0.29, 0.717) is 0 Å². The minimum atomic E-state index is 0.0470. The van der Waals surface area contributed by atoms with Gasteiger partial charge in [0.05, 0.1) is 17.3 Å². The van der Waals surface area contributed by atoms with Crippen LogP contribution in [0.25, 0.3) is 49.9 Å². The number of nitrogens with zero attached hydrogens (tertiary/aromatic N) is 3. The minimum absolute atomic E-state index is 0.0470. The fraction of sp³-hybridized carbons (Fsp3) is 0.211. The van der Waals surface area contributed by atoms with Crippen LogP contribution in [0.3, 0.4) is 0 Å². The van der Waals surface area contributed by atoms with Gasteiger partial charge in [-0.1, -0.05) is 173 Å². The average molecular weight is 784 g/mol. The fourth-order valence-electron chi connectivity index (χ4n) is 9.67. The quantitative estimate of drug-likeness (QED) is 0.0764. The second kappa shape index (κ2) is 17.8. The maximum absolute atomic E-state index is 5.48. The third-order valence-corrected chi connectivity index (χ3v) is 12.4. The molecule has 0 radical (unpaired) electrons. The molecule has 6 aromatic rings. The van der Waals surface area contributed by atoms with E-state index in [2.05, 4.69) is 201 Å². The highest BCUT2D eigenvalue weighted by atomic mass is 15.2. The first-order valence-electron chi connectivity index (χ1n) is 21.5. The molecule has 8 rings (SSSR count). The van der Waals surface area contributed by atoms with Gasteiger partial charge in [0.1, 0.15) is 5.82 Å². The topological polar surface area (TPSA) is 21.1 Å². The predicted octanol–water partition coefficient (Wildman–Crippen LogP) is 14.7. The average Bonchev–Trinajstić information content (AvgIpc) is 3.44. The van der Waals surface area contributed by atoms with E-state index in [1.54, 1.807) is 0 Å². The van der Waals surface area contributed by atoms with E-state index < -0.39 is 0 Å². The molecule has 2 aliphatic rings. The van der Waals surface area contributed by atoms with Crippen molar-refractivity contribution in [2.24, 2.45) is 5.41 Å². The molecule has 2 aliphatic carbocycles. The van der Waals surface area contributed by atoms with Crippen LogP contribution >= 0.6 is 0 Å². The Labute approximate surface area is 357 Å². The number of allylic oxidation sites excluding steroid dienone is 8. The van der Waals surface area contributed by atoms with Crippen molar-refractivity contribution >= 4 is 21.7 Å². The maximum atomic E-state index is 5.48. The highest BCUT2D eigenvalue weighted by molar-refractivity contribution is 6.09. The lowest BCUT2D eigenvalue weighted by Gasteiger charge is -2.43. The number of hydrogen-bond acceptors (Lipinski definition) is 2. The smallest absolute Gasteiger partial charge is 0.138 e. The van der Waals surface area contributed by atoms with Gasteiger partial charge in [-0.05, 0) is 107 Å². The molecular weight excluding hydrogens is 727 g/mol. The number of hydrogen-bond donors (Lipinski definition) is 0. The standard InChI is InChI=1S/C57H57N3/c1-7-21-46(37-49(40-57(5,6)36-8-2)59(41(4)9-3)48-27-17-12-18-28-48)43-30-33-51-53(34-31-43)60(54-35-32-44-24-19-20-29-50(44)56(51)54)55-39-47(42-22-13-10-14-23-42)38-52(58-55)45-25-15-11-16-26-45/h7-27,29,31-32,35,38-39,48-49H,1-4,28,30,33-34,36-37,40H2,5-6H3/b46-21+. The van der Waals surface area contributed by atoms with Crippen LogP contribution in [-0.2, 0) is 12.8 Å². The molecule has 300 valence electrons. The third kappa shape index (κ3) is 8.36. The Bertz CT molecular complexity index is 2620. The third-order valence-electron chi connectivity index (χ3n) is 12.4. The largest absolute Gasteiger partial charge is 0.362 e. The van der Waals surface area contributed by atoms with Crippen molar-refractivity contribution in [2.45, 2.75) is 70.9 Å². The summed E-state index contributed by atoms with van der Waals surface area (Å²) in [6.07, 6.45) is 26.0. The van der Waals surface area contributed by atoms with E-state index in [4.69, 9.17) is 4.98 Å². The Morgan fingerprint density at radius 3 is 2.33 bits per heavy atom. The molecule has 0 spiro atoms. The van der Waals surface area contributed by atoms with E-state index in [9.17, 15) is 0 Å². The van der Waals surface area contributed by atoms with Gasteiger partial charge in [0, 0.05) is 34.8 Å². The Morgan fingerprint density at radius 2 is 1.62 bits per heavy atom. The van der Waals surface area contributed by atoms with E-state index >= 15 is 0 Å². The second-order valence-corrected chi connectivity index (χ2v) is 17.1. The van der Waals surface area contributed by atoms with Crippen molar-refractivity contribution in [3.63, 3.8) is 0 Å². The first-order valence-corrected chi connectivity index (χ1v) is 21.5. The molecule has 2 heterocycles. The normalized spacial score (nSPS) is 15.9. The van der Waals surface area contributed by atoms with Gasteiger partial charge in [-0.25, -0.2) is 4.98 Å². The zero-order chi connectivity index (χ0) is 41.6. The monoisotopic (exact) mass is 783 g/mol. The lowest BCUT2D eigenvalue weighted by molar-refractivity contribution is 0.156. The Balaban J connectivity index is 1.26. The highest BCUT2D eigenvalue weighted by Gasteiger charge is 2.32. The van der Waals surface area contributed by atoms with Gasteiger partial charge in [0.2, 0.25) is 0 Å². The van der Waals surface area contributed by atoms with Gasteiger partial charge in [0.15, 0.2) is 0 Å². The SMILES string of the molecule is C=C/C=C(\CC(CC(C)(C)CC=C)N(C(=C)C=C)C1C=CC=CC1)C1=CCc2c(c3c4ccccc4ccc3n2-c2cc(-c3ccccc3)cc(-c3ccccc3)n2)CC1. The van der Waals surface area contributed by atoms with Crippen LogP contribution < -0.4 is 0 Å². The van der Waals surface area contributed by atoms with E-state index in [1.165, 1.54) is 49.6 Å². The van der Waals surface area contributed by atoms with Gasteiger partial charge >= 0.3 is 0 Å². The molecule has 2 atom stereocenters. The molecule has 0 fully saturated rings. The fourth-order valence-corrected chi connectivity index (χ4v) is 9.67. The molecule has 0 aliphatic heterocycles. The van der Waals surface area contributed by atoms with Gasteiger partial charge in [-0.3, -0.25) is 4.57 Å². The van der Waals surface area contributed by atoms with Crippen molar-refractivity contribution in [1.29, 1.82) is 0 Å². The summed E-state index contributed by atoms with van der Waals surface area (Å²) in [6, 6.07) is 39.6. The maximum Gasteiger partial charge on any atom is 0.138 e. The summed E-state index contributed by atoms with van der Waals surface area (Å²) in [4.78, 5) is 8.01. The molecule has 0 saturated heterocycles. The van der Waals surface area contributed by atoms with E-state index in [1.807, 2.05) is 12.2 Å². The molecular formula is C57H57N3. The second-order valence-electron chi connectivity index (χ2n) is 17.1. The van der Waals surface area contributed by atoms with Gasteiger partial charge in [-0.2, -0.15) is 0 Å². The summed E-state index contributed by atoms with van der Waals surface area (Å²) in [5, 5.41) is 3.87. The van der Waals surface area contributed by atoms with Gasteiger partial charge < -0.3 is 4.90 Å². The Kier molecular flexibility index (Phi) is 12.0. The lowest BCUT2D eigenvalue weighted by atomic mass is 9.79. The number of benzene rings is 4. The highest BCUT2D eigenvalue weighted by Crippen LogP contribution is 2.42. The summed E-state index contributed by atoms with van der Waals surface area (Å²) in [5.74, 6) is 0.938. The van der Waals surface area contributed by atoms with Crippen LogP contribution in [0.2, 0.25) is 0 Å². The summed E-state index contributed by atoms with van der Waals surface area (Å²) < 4.78 is 2.46. The van der Waals surface area contributed by atoms with Crippen LogP contribution in [0.1, 0.15) is 57.2 Å². The van der Waals surface area contributed by atoms with Crippen LogP contribution in [-0.4, -0.2) is 26.5 Å². The lowest BCUT2D eigenvalue weighted by Crippen LogP contribution is -2.43. The zero-order valence-corrected chi connectivity index (χ0v) is 35.4. The van der Waals surface area contributed by atoms with Crippen LogP contribution in [0, 0.1) is 5.41 Å². The Hall–Kier alpha value is -6.45. The van der Waals surface area contributed by atoms with Crippen LogP contribution in [0.4, 0.5) is 0 Å². The molecule has 0 bridgehead atoms. The molecule has 2 aromatic heterocycles.